The SMILES string of the molecule is CC(=O)NCC(N)C(=O)NC(CC(C)C)C(=O)NC(CO)C(O)C(O)C(O)C(=O)NC(CC(=O)O)c1ccccc1. The standard InChI is InChI=1S/C26H41N5O10/c1-13(2)9-18(30-24(39)16(27)11-28-14(3)33)25(40)31-19(12-32)21(36)22(37)23(38)26(41)29-17(10-20(34)35)15-7-5-4-6-8-15/h4-8,13,16-19,21-23,32,36-38H,9-12,27H2,1-3H3,(H,28,33)(H,29,41)(H,30,39)(H,31,40)(H,34,35). The van der Waals surface area contributed by atoms with E-state index in [-0.39, 0.29) is 18.9 Å². The van der Waals surface area contributed by atoms with Gasteiger partial charge < -0.3 is 52.5 Å². The number of amides is 4. The summed E-state index contributed by atoms with van der Waals surface area (Å²) in [5.74, 6) is -4.55. The highest BCUT2D eigenvalue weighted by atomic mass is 16.4. The number of hydrogen-bond donors (Lipinski definition) is 10. The number of hydrogen-bond acceptors (Lipinski definition) is 10. The van der Waals surface area contributed by atoms with Gasteiger partial charge in [0, 0.05) is 13.5 Å². The first-order valence-corrected chi connectivity index (χ1v) is 13.0. The number of nitrogens with two attached hydrogens (primary N) is 1. The number of aliphatic hydroxyl groups is 4. The lowest BCUT2D eigenvalue weighted by Gasteiger charge is -2.31. The maximum absolute atomic E-state index is 13.0. The van der Waals surface area contributed by atoms with Crippen LogP contribution in [0.15, 0.2) is 30.3 Å². The normalized spacial score (nSPS) is 16.3. The van der Waals surface area contributed by atoms with Crippen molar-refractivity contribution in [3.05, 3.63) is 35.9 Å². The van der Waals surface area contributed by atoms with Crippen LogP contribution in [0.25, 0.3) is 0 Å². The molecule has 0 spiro atoms. The lowest BCUT2D eigenvalue weighted by Crippen LogP contribution is -2.60. The summed E-state index contributed by atoms with van der Waals surface area (Å²) < 4.78 is 0. The second-order valence-electron chi connectivity index (χ2n) is 10.0. The van der Waals surface area contributed by atoms with E-state index in [2.05, 4.69) is 21.3 Å². The highest BCUT2D eigenvalue weighted by Gasteiger charge is 2.37. The first kappa shape index (κ1) is 35.4. The summed E-state index contributed by atoms with van der Waals surface area (Å²) in [5.41, 5.74) is 6.17. The summed E-state index contributed by atoms with van der Waals surface area (Å²) in [6.45, 7) is 3.68. The van der Waals surface area contributed by atoms with Gasteiger partial charge in [-0.15, -0.1) is 0 Å². The van der Waals surface area contributed by atoms with E-state index in [0.717, 1.165) is 0 Å². The molecule has 0 aliphatic rings. The molecular weight excluding hydrogens is 542 g/mol. The number of carbonyl (C=O) groups is 5. The van der Waals surface area contributed by atoms with Crippen LogP contribution in [0, 0.1) is 5.92 Å². The van der Waals surface area contributed by atoms with Crippen molar-refractivity contribution >= 4 is 29.6 Å². The fraction of sp³-hybridized carbons (Fsp3) is 0.577. The molecule has 15 heteroatoms. The van der Waals surface area contributed by atoms with Crippen LogP contribution in [-0.2, 0) is 24.0 Å². The van der Waals surface area contributed by atoms with E-state index in [4.69, 9.17) is 5.73 Å². The Morgan fingerprint density at radius 2 is 1.49 bits per heavy atom. The maximum atomic E-state index is 13.0. The van der Waals surface area contributed by atoms with Gasteiger partial charge in [0.1, 0.15) is 24.3 Å². The molecule has 230 valence electrons. The van der Waals surface area contributed by atoms with Gasteiger partial charge in [0.05, 0.1) is 25.1 Å². The van der Waals surface area contributed by atoms with Crippen LogP contribution in [0.1, 0.15) is 45.2 Å². The third-order valence-corrected chi connectivity index (χ3v) is 6.02. The largest absolute Gasteiger partial charge is 0.481 e. The molecule has 7 unspecified atom stereocenters. The van der Waals surface area contributed by atoms with Crippen molar-refractivity contribution in [3.8, 4) is 0 Å². The lowest BCUT2D eigenvalue weighted by molar-refractivity contribution is -0.145. The van der Waals surface area contributed by atoms with Gasteiger partial charge in [-0.25, -0.2) is 0 Å². The molecule has 1 rings (SSSR count). The van der Waals surface area contributed by atoms with E-state index in [1.807, 2.05) is 0 Å². The van der Waals surface area contributed by atoms with Crippen molar-refractivity contribution in [2.45, 2.75) is 76.1 Å². The van der Waals surface area contributed by atoms with Crippen molar-refractivity contribution in [1.82, 2.24) is 21.3 Å². The average molecular weight is 584 g/mol. The molecule has 0 saturated carbocycles. The Hall–Kier alpha value is -3.63. The van der Waals surface area contributed by atoms with Crippen molar-refractivity contribution in [3.63, 3.8) is 0 Å². The van der Waals surface area contributed by atoms with Crippen LogP contribution in [0.3, 0.4) is 0 Å². The number of carboxylic acid groups (broad SMARTS) is 1. The van der Waals surface area contributed by atoms with Gasteiger partial charge in [0.2, 0.25) is 17.7 Å². The van der Waals surface area contributed by atoms with Gasteiger partial charge in [0.15, 0.2) is 6.10 Å². The Morgan fingerprint density at radius 1 is 0.878 bits per heavy atom. The fourth-order valence-corrected chi connectivity index (χ4v) is 3.80. The number of carboxylic acids is 1. The molecule has 0 radical (unpaired) electrons. The van der Waals surface area contributed by atoms with Gasteiger partial charge in [-0.2, -0.15) is 0 Å². The molecule has 1 aromatic rings. The number of aliphatic hydroxyl groups excluding tert-OH is 4. The minimum absolute atomic E-state index is 0.102. The summed E-state index contributed by atoms with van der Waals surface area (Å²) in [7, 11) is 0. The van der Waals surface area contributed by atoms with Gasteiger partial charge in [-0.05, 0) is 17.9 Å². The molecule has 0 heterocycles. The Labute approximate surface area is 237 Å². The molecule has 0 bridgehead atoms. The second kappa shape index (κ2) is 17.2. The van der Waals surface area contributed by atoms with E-state index in [9.17, 15) is 49.5 Å². The van der Waals surface area contributed by atoms with E-state index >= 15 is 0 Å². The van der Waals surface area contributed by atoms with Crippen LogP contribution < -0.4 is 27.0 Å². The highest BCUT2D eigenvalue weighted by Crippen LogP contribution is 2.17. The summed E-state index contributed by atoms with van der Waals surface area (Å²) in [6, 6.07) is 3.03. The Morgan fingerprint density at radius 3 is 2.00 bits per heavy atom. The Kier molecular flexibility index (Phi) is 14.9. The predicted octanol–water partition coefficient (Wildman–Crippen LogP) is -3.13. The first-order valence-electron chi connectivity index (χ1n) is 13.0. The molecule has 15 nitrogen and oxygen atoms in total. The monoisotopic (exact) mass is 583 g/mol. The molecule has 0 aliphatic heterocycles. The minimum Gasteiger partial charge on any atom is -0.481 e. The molecule has 0 fully saturated rings. The summed E-state index contributed by atoms with van der Waals surface area (Å²) in [6.07, 6.45) is -6.95. The zero-order chi connectivity index (χ0) is 31.3. The average Bonchev–Trinajstić information content (AvgIpc) is 2.92. The Balaban J connectivity index is 2.93. The molecule has 4 amide bonds. The van der Waals surface area contributed by atoms with Gasteiger partial charge in [-0.3, -0.25) is 24.0 Å². The molecular formula is C26H41N5O10. The van der Waals surface area contributed by atoms with Gasteiger partial charge >= 0.3 is 5.97 Å². The summed E-state index contributed by atoms with van der Waals surface area (Å²) in [5, 5.41) is 59.9. The van der Waals surface area contributed by atoms with Gasteiger partial charge in [-0.1, -0.05) is 44.2 Å². The topological polar surface area (TPSA) is 261 Å². The van der Waals surface area contributed by atoms with Gasteiger partial charge in [0.25, 0.3) is 5.91 Å². The molecule has 7 atom stereocenters. The van der Waals surface area contributed by atoms with Crippen molar-refractivity contribution in [2.24, 2.45) is 11.7 Å². The number of nitrogens with one attached hydrogen (secondary N) is 4. The third-order valence-electron chi connectivity index (χ3n) is 6.02. The molecule has 0 aliphatic carbocycles. The molecule has 0 aromatic heterocycles. The Bertz CT molecular complexity index is 1030. The quantitative estimate of drug-likeness (QED) is 0.0876. The molecule has 0 saturated heterocycles. The lowest BCUT2D eigenvalue weighted by atomic mass is 9.98. The van der Waals surface area contributed by atoms with Crippen LogP contribution in [0.5, 0.6) is 0 Å². The zero-order valence-electron chi connectivity index (χ0n) is 23.2. The van der Waals surface area contributed by atoms with Crippen LogP contribution in [0.4, 0.5) is 0 Å². The highest BCUT2D eigenvalue weighted by molar-refractivity contribution is 5.90. The van der Waals surface area contributed by atoms with E-state index in [1.54, 1.807) is 44.2 Å². The second-order valence-corrected chi connectivity index (χ2v) is 10.0. The molecule has 11 N–H and O–H groups in total. The smallest absolute Gasteiger partial charge is 0.305 e. The summed E-state index contributed by atoms with van der Waals surface area (Å²) in [4.78, 5) is 60.4. The molecule has 41 heavy (non-hydrogen) atoms. The predicted molar refractivity (Wildman–Crippen MR) is 145 cm³/mol. The van der Waals surface area contributed by atoms with Crippen molar-refractivity contribution in [1.29, 1.82) is 0 Å². The summed E-state index contributed by atoms with van der Waals surface area (Å²) >= 11 is 0. The van der Waals surface area contributed by atoms with E-state index < -0.39 is 85.1 Å². The number of rotatable bonds is 17. The van der Waals surface area contributed by atoms with Crippen LogP contribution >= 0.6 is 0 Å². The first-order chi connectivity index (χ1) is 19.2. The third kappa shape index (κ3) is 12.2. The maximum Gasteiger partial charge on any atom is 0.305 e. The van der Waals surface area contributed by atoms with E-state index in [0.29, 0.717) is 5.56 Å². The van der Waals surface area contributed by atoms with Crippen molar-refractivity contribution in [2.75, 3.05) is 13.2 Å². The van der Waals surface area contributed by atoms with Crippen LogP contribution in [0.2, 0.25) is 0 Å². The number of benzene rings is 1. The van der Waals surface area contributed by atoms with E-state index in [1.165, 1.54) is 6.92 Å². The van der Waals surface area contributed by atoms with Crippen molar-refractivity contribution < 1.29 is 49.5 Å². The minimum atomic E-state index is -2.27. The zero-order valence-corrected chi connectivity index (χ0v) is 23.2. The number of aliphatic carboxylic acids is 1. The molecule has 1 aromatic carbocycles. The van der Waals surface area contributed by atoms with Crippen LogP contribution in [-0.4, -0.2) is 105 Å². The fourth-order valence-electron chi connectivity index (χ4n) is 3.80. The number of carbonyl (C=O) groups excluding carboxylic acids is 4.